The number of rotatable bonds is 2. The van der Waals surface area contributed by atoms with Crippen molar-refractivity contribution in [2.45, 2.75) is 19.3 Å². The van der Waals surface area contributed by atoms with E-state index < -0.39 is 0 Å². The summed E-state index contributed by atoms with van der Waals surface area (Å²) >= 11 is 0. The first-order chi connectivity index (χ1) is 10.3. The first kappa shape index (κ1) is 13.4. The van der Waals surface area contributed by atoms with Gasteiger partial charge in [0.15, 0.2) is 5.84 Å². The number of hydrogen-bond acceptors (Lipinski definition) is 4. The van der Waals surface area contributed by atoms with Crippen LogP contribution in [0.15, 0.2) is 47.8 Å². The van der Waals surface area contributed by atoms with Gasteiger partial charge in [-0.25, -0.2) is 0 Å². The van der Waals surface area contributed by atoms with Gasteiger partial charge in [-0.15, -0.1) is 0 Å². The Hall–Kier alpha value is -2.56. The maximum atomic E-state index is 8.69. The van der Waals surface area contributed by atoms with Crippen LogP contribution in [0.1, 0.15) is 24.1 Å². The number of para-hydroxylation sites is 1. The van der Waals surface area contributed by atoms with Crippen LogP contribution in [0.3, 0.4) is 0 Å². The molecule has 0 spiro atoms. The molecule has 0 fully saturated rings. The molecule has 5 heteroatoms. The average Bonchev–Trinajstić information content (AvgIpc) is 2.77. The number of anilines is 2. The van der Waals surface area contributed by atoms with Gasteiger partial charge in [0.25, 0.3) is 0 Å². The Labute approximate surface area is 123 Å². The van der Waals surface area contributed by atoms with Crippen molar-refractivity contribution in [2.24, 2.45) is 10.9 Å². The number of nitrogens with two attached hydrogens (primary N) is 1. The zero-order chi connectivity index (χ0) is 14.7. The SMILES string of the molecule is N/C(=N/O)c1ccc(N2CCCCc3ccccc32)cn1. The van der Waals surface area contributed by atoms with Crippen molar-refractivity contribution >= 4 is 17.2 Å². The fraction of sp³-hybridized carbons (Fsp3) is 0.250. The van der Waals surface area contributed by atoms with Crippen molar-refractivity contribution < 1.29 is 5.21 Å². The number of aryl methyl sites for hydroxylation is 1. The number of benzene rings is 1. The number of nitrogens with zero attached hydrogens (tertiary/aromatic N) is 3. The van der Waals surface area contributed by atoms with Gasteiger partial charge in [-0.05, 0) is 43.0 Å². The van der Waals surface area contributed by atoms with Crippen LogP contribution >= 0.6 is 0 Å². The number of oxime groups is 1. The zero-order valence-corrected chi connectivity index (χ0v) is 11.7. The van der Waals surface area contributed by atoms with Crippen molar-refractivity contribution in [3.05, 3.63) is 53.9 Å². The van der Waals surface area contributed by atoms with Gasteiger partial charge in [-0.1, -0.05) is 23.4 Å². The summed E-state index contributed by atoms with van der Waals surface area (Å²) in [6, 6.07) is 12.2. The third kappa shape index (κ3) is 2.67. The second-order valence-electron chi connectivity index (χ2n) is 5.12. The average molecular weight is 282 g/mol. The van der Waals surface area contributed by atoms with Crippen molar-refractivity contribution in [1.29, 1.82) is 0 Å². The Morgan fingerprint density at radius 3 is 2.81 bits per heavy atom. The van der Waals surface area contributed by atoms with E-state index in [0.717, 1.165) is 25.1 Å². The lowest BCUT2D eigenvalue weighted by Crippen LogP contribution is -2.19. The van der Waals surface area contributed by atoms with Crippen molar-refractivity contribution in [3.63, 3.8) is 0 Å². The Morgan fingerprint density at radius 2 is 2.05 bits per heavy atom. The molecule has 3 rings (SSSR count). The zero-order valence-electron chi connectivity index (χ0n) is 11.7. The van der Waals surface area contributed by atoms with Crippen LogP contribution in [0.4, 0.5) is 11.4 Å². The van der Waals surface area contributed by atoms with E-state index in [0.29, 0.717) is 5.69 Å². The predicted molar refractivity (Wildman–Crippen MR) is 83.1 cm³/mol. The molecule has 3 N–H and O–H groups in total. The molecule has 0 atom stereocenters. The first-order valence-corrected chi connectivity index (χ1v) is 7.09. The Bertz CT molecular complexity index is 652. The normalized spacial score (nSPS) is 15.4. The molecule has 1 aliphatic heterocycles. The topological polar surface area (TPSA) is 74.7 Å². The minimum Gasteiger partial charge on any atom is -0.409 e. The van der Waals surface area contributed by atoms with Crippen LogP contribution < -0.4 is 10.6 Å². The second kappa shape index (κ2) is 5.83. The lowest BCUT2D eigenvalue weighted by atomic mass is 10.1. The summed E-state index contributed by atoms with van der Waals surface area (Å²) in [6.45, 7) is 0.974. The highest BCUT2D eigenvalue weighted by atomic mass is 16.4. The maximum absolute atomic E-state index is 8.69. The molecule has 2 aromatic rings. The van der Waals surface area contributed by atoms with Gasteiger partial charge in [0.1, 0.15) is 5.69 Å². The van der Waals surface area contributed by atoms with Gasteiger partial charge in [-0.2, -0.15) is 0 Å². The molecule has 1 aromatic heterocycles. The number of hydrogen-bond donors (Lipinski definition) is 2. The number of fused-ring (bicyclic) bond motifs is 1. The molecule has 0 amide bonds. The summed E-state index contributed by atoms with van der Waals surface area (Å²) < 4.78 is 0. The quantitative estimate of drug-likeness (QED) is 0.384. The third-order valence-electron chi connectivity index (χ3n) is 3.79. The molecule has 0 unspecified atom stereocenters. The number of pyridine rings is 1. The van der Waals surface area contributed by atoms with E-state index in [4.69, 9.17) is 10.9 Å². The Morgan fingerprint density at radius 1 is 1.19 bits per heavy atom. The van der Waals surface area contributed by atoms with E-state index in [-0.39, 0.29) is 5.84 Å². The molecule has 1 aromatic carbocycles. The monoisotopic (exact) mass is 282 g/mol. The summed E-state index contributed by atoms with van der Waals surface area (Å²) in [5, 5.41) is 11.7. The molecule has 1 aliphatic rings. The predicted octanol–water partition coefficient (Wildman–Crippen LogP) is 2.65. The van der Waals surface area contributed by atoms with Crippen molar-refractivity contribution in [3.8, 4) is 0 Å². The summed E-state index contributed by atoms with van der Waals surface area (Å²) in [7, 11) is 0. The Kier molecular flexibility index (Phi) is 3.73. The minimum atomic E-state index is 0.0258. The lowest BCUT2D eigenvalue weighted by Gasteiger charge is -2.24. The lowest BCUT2D eigenvalue weighted by molar-refractivity contribution is 0.318. The highest BCUT2D eigenvalue weighted by Gasteiger charge is 2.16. The highest BCUT2D eigenvalue weighted by molar-refractivity contribution is 5.95. The van der Waals surface area contributed by atoms with Crippen LogP contribution in [0.5, 0.6) is 0 Å². The molecule has 0 saturated carbocycles. The largest absolute Gasteiger partial charge is 0.409 e. The maximum Gasteiger partial charge on any atom is 0.188 e. The smallest absolute Gasteiger partial charge is 0.188 e. The molecule has 0 aliphatic carbocycles. The molecule has 0 saturated heterocycles. The van der Waals surface area contributed by atoms with E-state index in [2.05, 4.69) is 39.3 Å². The summed E-state index contributed by atoms with van der Waals surface area (Å²) in [5.41, 5.74) is 9.67. The van der Waals surface area contributed by atoms with Gasteiger partial charge >= 0.3 is 0 Å². The molecule has 0 bridgehead atoms. The van der Waals surface area contributed by atoms with Gasteiger partial charge in [-0.3, -0.25) is 4.98 Å². The van der Waals surface area contributed by atoms with E-state index in [1.54, 1.807) is 12.3 Å². The van der Waals surface area contributed by atoms with Crippen LogP contribution in [0.25, 0.3) is 0 Å². The molecule has 108 valence electrons. The molecule has 21 heavy (non-hydrogen) atoms. The summed E-state index contributed by atoms with van der Waals surface area (Å²) in [5.74, 6) is 0.0258. The molecular formula is C16H18N4O. The number of aromatic nitrogens is 1. The summed E-state index contributed by atoms with van der Waals surface area (Å²) in [4.78, 5) is 6.55. The van der Waals surface area contributed by atoms with Crippen molar-refractivity contribution in [2.75, 3.05) is 11.4 Å². The van der Waals surface area contributed by atoms with Gasteiger partial charge in [0, 0.05) is 12.2 Å². The van der Waals surface area contributed by atoms with Gasteiger partial charge in [0.2, 0.25) is 0 Å². The van der Waals surface area contributed by atoms with E-state index >= 15 is 0 Å². The van der Waals surface area contributed by atoms with E-state index in [1.165, 1.54) is 17.7 Å². The van der Waals surface area contributed by atoms with Crippen LogP contribution in [0, 0.1) is 0 Å². The van der Waals surface area contributed by atoms with Gasteiger partial charge < -0.3 is 15.8 Å². The highest BCUT2D eigenvalue weighted by Crippen LogP contribution is 2.32. The Balaban J connectivity index is 1.96. The fourth-order valence-corrected chi connectivity index (χ4v) is 2.71. The molecule has 2 heterocycles. The van der Waals surface area contributed by atoms with Crippen molar-refractivity contribution in [1.82, 2.24) is 4.98 Å². The van der Waals surface area contributed by atoms with Gasteiger partial charge in [0.05, 0.1) is 11.9 Å². The third-order valence-corrected chi connectivity index (χ3v) is 3.79. The van der Waals surface area contributed by atoms with Crippen LogP contribution in [-0.4, -0.2) is 22.6 Å². The molecule has 0 radical (unpaired) electrons. The molecular weight excluding hydrogens is 264 g/mol. The standard InChI is InChI=1S/C16H18N4O/c17-16(19-21)14-9-8-13(11-18-14)20-10-4-3-6-12-5-1-2-7-15(12)20/h1-2,5,7-9,11,21H,3-4,6,10H2,(H2,17,19). The fourth-order valence-electron chi connectivity index (χ4n) is 2.71. The second-order valence-corrected chi connectivity index (χ2v) is 5.12. The van der Waals surface area contributed by atoms with E-state index in [1.807, 2.05) is 6.07 Å². The van der Waals surface area contributed by atoms with Crippen LogP contribution in [0.2, 0.25) is 0 Å². The minimum absolute atomic E-state index is 0.0258. The summed E-state index contributed by atoms with van der Waals surface area (Å²) in [6.07, 6.45) is 5.23. The van der Waals surface area contributed by atoms with E-state index in [9.17, 15) is 0 Å². The van der Waals surface area contributed by atoms with Crippen LogP contribution in [-0.2, 0) is 6.42 Å². The molecule has 5 nitrogen and oxygen atoms in total. The first-order valence-electron chi connectivity index (χ1n) is 7.09. The number of amidine groups is 1.